The molecule has 3 N–H and O–H groups in total. The van der Waals surface area contributed by atoms with Crippen LogP contribution < -0.4 is 10.6 Å². The number of aliphatic carboxylic acids is 1. The molecule has 6 heteroatoms. The first kappa shape index (κ1) is 15.1. The first-order chi connectivity index (χ1) is 9.60. The van der Waals surface area contributed by atoms with Crippen molar-refractivity contribution in [3.63, 3.8) is 0 Å². The van der Waals surface area contributed by atoms with Gasteiger partial charge in [0, 0.05) is 19.7 Å². The van der Waals surface area contributed by atoms with Crippen molar-refractivity contribution in [3.05, 3.63) is 0 Å². The summed E-state index contributed by atoms with van der Waals surface area (Å²) in [5.74, 6) is -0.985. The number of carboxylic acids is 1. The average molecular weight is 284 g/mol. The standard InChI is InChI=1S/C14H24N2O4/c1-20-11-6-5-10(7-11)16-14(19)15-8-9-3-2-4-12(9)13(17)18/h9-12H,2-8H2,1H3,(H,17,18)(H2,15,16,19). The van der Waals surface area contributed by atoms with E-state index in [0.717, 1.165) is 38.5 Å². The van der Waals surface area contributed by atoms with Crippen LogP contribution in [0.1, 0.15) is 38.5 Å². The number of amides is 2. The molecule has 0 spiro atoms. The second kappa shape index (κ2) is 6.92. The molecule has 0 saturated heterocycles. The van der Waals surface area contributed by atoms with Crippen LogP contribution in [0.3, 0.4) is 0 Å². The Hall–Kier alpha value is -1.30. The van der Waals surface area contributed by atoms with Crippen molar-refractivity contribution >= 4 is 12.0 Å². The van der Waals surface area contributed by atoms with Crippen molar-refractivity contribution in [2.24, 2.45) is 11.8 Å². The molecule has 0 aromatic carbocycles. The van der Waals surface area contributed by atoms with Gasteiger partial charge in [-0.25, -0.2) is 4.79 Å². The van der Waals surface area contributed by atoms with Crippen LogP contribution in [-0.2, 0) is 9.53 Å². The molecule has 20 heavy (non-hydrogen) atoms. The van der Waals surface area contributed by atoms with Crippen molar-refractivity contribution < 1.29 is 19.4 Å². The van der Waals surface area contributed by atoms with Crippen molar-refractivity contribution in [2.75, 3.05) is 13.7 Å². The predicted octanol–water partition coefficient (Wildman–Crippen LogP) is 1.35. The monoisotopic (exact) mass is 284 g/mol. The Balaban J connectivity index is 1.69. The van der Waals surface area contributed by atoms with Gasteiger partial charge >= 0.3 is 12.0 Å². The molecule has 0 aromatic heterocycles. The number of methoxy groups -OCH3 is 1. The summed E-state index contributed by atoms with van der Waals surface area (Å²) in [6.45, 7) is 0.448. The Morgan fingerprint density at radius 3 is 2.70 bits per heavy atom. The summed E-state index contributed by atoms with van der Waals surface area (Å²) in [5, 5.41) is 14.8. The van der Waals surface area contributed by atoms with Gasteiger partial charge in [0.15, 0.2) is 0 Å². The van der Waals surface area contributed by atoms with E-state index in [9.17, 15) is 9.59 Å². The summed E-state index contributed by atoms with van der Waals surface area (Å²) < 4.78 is 5.27. The van der Waals surface area contributed by atoms with E-state index in [1.165, 1.54) is 0 Å². The Morgan fingerprint density at radius 1 is 1.25 bits per heavy atom. The molecule has 0 aromatic rings. The van der Waals surface area contributed by atoms with E-state index < -0.39 is 5.97 Å². The maximum atomic E-state index is 11.8. The summed E-state index contributed by atoms with van der Waals surface area (Å²) in [4.78, 5) is 22.9. The lowest BCUT2D eigenvalue weighted by Gasteiger charge is -2.18. The van der Waals surface area contributed by atoms with E-state index in [1.54, 1.807) is 7.11 Å². The lowest BCUT2D eigenvalue weighted by Crippen LogP contribution is -2.43. The third-order valence-corrected chi connectivity index (χ3v) is 4.55. The van der Waals surface area contributed by atoms with Gasteiger partial charge in [0.1, 0.15) is 0 Å². The average Bonchev–Trinajstić information content (AvgIpc) is 3.04. The largest absolute Gasteiger partial charge is 0.481 e. The fraction of sp³-hybridized carbons (Fsp3) is 0.857. The number of carbonyl (C=O) groups is 2. The van der Waals surface area contributed by atoms with Crippen LogP contribution in [0.5, 0.6) is 0 Å². The van der Waals surface area contributed by atoms with Crippen LogP contribution >= 0.6 is 0 Å². The number of hydrogen-bond donors (Lipinski definition) is 3. The minimum atomic E-state index is -0.742. The highest BCUT2D eigenvalue weighted by Gasteiger charge is 2.33. The molecular formula is C14H24N2O4. The van der Waals surface area contributed by atoms with Crippen molar-refractivity contribution in [2.45, 2.75) is 50.7 Å². The molecular weight excluding hydrogens is 260 g/mol. The van der Waals surface area contributed by atoms with E-state index in [1.807, 2.05) is 0 Å². The fourth-order valence-corrected chi connectivity index (χ4v) is 3.35. The maximum absolute atomic E-state index is 11.8. The van der Waals surface area contributed by atoms with Gasteiger partial charge in [-0.05, 0) is 38.0 Å². The molecule has 4 atom stereocenters. The van der Waals surface area contributed by atoms with E-state index in [2.05, 4.69) is 10.6 Å². The van der Waals surface area contributed by atoms with Crippen molar-refractivity contribution in [3.8, 4) is 0 Å². The molecule has 2 aliphatic rings. The van der Waals surface area contributed by atoms with E-state index in [0.29, 0.717) is 6.54 Å². The van der Waals surface area contributed by atoms with E-state index >= 15 is 0 Å². The van der Waals surface area contributed by atoms with Crippen LogP contribution in [-0.4, -0.2) is 42.9 Å². The quantitative estimate of drug-likeness (QED) is 0.711. The Morgan fingerprint density at radius 2 is 2.05 bits per heavy atom. The molecule has 2 fully saturated rings. The lowest BCUT2D eigenvalue weighted by molar-refractivity contribution is -0.142. The molecule has 4 unspecified atom stereocenters. The second-order valence-corrected chi connectivity index (χ2v) is 5.86. The lowest BCUT2D eigenvalue weighted by atomic mass is 9.96. The normalized spacial score (nSPS) is 33.0. The highest BCUT2D eigenvalue weighted by molar-refractivity contribution is 5.74. The van der Waals surface area contributed by atoms with Gasteiger partial charge in [-0.15, -0.1) is 0 Å². The molecule has 0 aliphatic heterocycles. The van der Waals surface area contributed by atoms with Gasteiger partial charge in [-0.2, -0.15) is 0 Å². The summed E-state index contributed by atoms with van der Waals surface area (Å²) in [5.41, 5.74) is 0. The number of hydrogen-bond acceptors (Lipinski definition) is 3. The molecule has 114 valence electrons. The first-order valence-corrected chi connectivity index (χ1v) is 7.40. The molecule has 2 rings (SSSR count). The zero-order chi connectivity index (χ0) is 14.5. The topological polar surface area (TPSA) is 87.7 Å². The number of carbonyl (C=O) groups excluding carboxylic acids is 1. The van der Waals surface area contributed by atoms with Crippen LogP contribution in [0.4, 0.5) is 4.79 Å². The van der Waals surface area contributed by atoms with Crippen LogP contribution in [0.2, 0.25) is 0 Å². The Bertz CT molecular complexity index is 361. The molecule has 6 nitrogen and oxygen atoms in total. The zero-order valence-corrected chi connectivity index (χ0v) is 11.9. The molecule has 0 radical (unpaired) electrons. The minimum Gasteiger partial charge on any atom is -0.481 e. The fourth-order valence-electron chi connectivity index (χ4n) is 3.35. The van der Waals surface area contributed by atoms with E-state index in [-0.39, 0.29) is 30.0 Å². The summed E-state index contributed by atoms with van der Waals surface area (Å²) in [6, 6.07) is -0.0263. The van der Waals surface area contributed by atoms with Gasteiger partial charge in [-0.3, -0.25) is 4.79 Å². The summed E-state index contributed by atoms with van der Waals surface area (Å²) in [6.07, 6.45) is 5.55. The number of nitrogens with one attached hydrogen (secondary N) is 2. The maximum Gasteiger partial charge on any atom is 0.315 e. The Kier molecular flexibility index (Phi) is 5.23. The van der Waals surface area contributed by atoms with Crippen molar-refractivity contribution in [1.29, 1.82) is 0 Å². The van der Waals surface area contributed by atoms with Gasteiger partial charge in [0.25, 0.3) is 0 Å². The van der Waals surface area contributed by atoms with Crippen molar-refractivity contribution in [1.82, 2.24) is 10.6 Å². The van der Waals surface area contributed by atoms with Gasteiger partial charge in [0.05, 0.1) is 12.0 Å². The predicted molar refractivity (Wildman–Crippen MR) is 73.4 cm³/mol. The van der Waals surface area contributed by atoms with Crippen LogP contribution in [0.15, 0.2) is 0 Å². The van der Waals surface area contributed by atoms with Gasteiger partial charge < -0.3 is 20.5 Å². The zero-order valence-electron chi connectivity index (χ0n) is 11.9. The van der Waals surface area contributed by atoms with Crippen LogP contribution in [0.25, 0.3) is 0 Å². The number of carboxylic acid groups (broad SMARTS) is 1. The highest BCUT2D eigenvalue weighted by atomic mass is 16.5. The van der Waals surface area contributed by atoms with Gasteiger partial charge in [0.2, 0.25) is 0 Å². The smallest absolute Gasteiger partial charge is 0.315 e. The Labute approximate surface area is 119 Å². The minimum absolute atomic E-state index is 0.0635. The number of rotatable bonds is 5. The first-order valence-electron chi connectivity index (χ1n) is 7.40. The SMILES string of the molecule is COC1CCC(NC(=O)NCC2CCCC2C(=O)O)C1. The third kappa shape index (κ3) is 3.85. The molecule has 0 bridgehead atoms. The van der Waals surface area contributed by atoms with Crippen LogP contribution in [0, 0.1) is 11.8 Å². The highest BCUT2D eigenvalue weighted by Crippen LogP contribution is 2.31. The number of urea groups is 1. The molecule has 2 aliphatic carbocycles. The number of ether oxygens (including phenoxy) is 1. The van der Waals surface area contributed by atoms with E-state index in [4.69, 9.17) is 9.84 Å². The molecule has 2 saturated carbocycles. The summed E-state index contributed by atoms with van der Waals surface area (Å²) >= 11 is 0. The molecule has 0 heterocycles. The van der Waals surface area contributed by atoms with Gasteiger partial charge in [-0.1, -0.05) is 6.42 Å². The molecule has 2 amide bonds. The third-order valence-electron chi connectivity index (χ3n) is 4.55. The summed E-state index contributed by atoms with van der Waals surface area (Å²) in [7, 11) is 1.69. The second-order valence-electron chi connectivity index (χ2n) is 5.86.